The second kappa shape index (κ2) is 6.74. The van der Waals surface area contributed by atoms with Gasteiger partial charge in [0.25, 0.3) is 5.69 Å². The Bertz CT molecular complexity index is 634. The van der Waals surface area contributed by atoms with Crippen LogP contribution in [-0.4, -0.2) is 10.0 Å². The Morgan fingerprint density at radius 2 is 2.00 bits per heavy atom. The molecule has 0 radical (unpaired) electrons. The van der Waals surface area contributed by atoms with Gasteiger partial charge in [-0.2, -0.15) is 0 Å². The first-order valence-corrected chi connectivity index (χ1v) is 7.22. The van der Waals surface area contributed by atoms with E-state index in [0.29, 0.717) is 16.3 Å². The highest BCUT2D eigenvalue weighted by molar-refractivity contribution is 7.98. The Kier molecular flexibility index (Phi) is 5.00. The fraction of sp³-hybridized carbons (Fsp3) is 0.143. The smallest absolute Gasteiger partial charge is 0.274 e. The number of nitro groups is 1. The Morgan fingerprint density at radius 1 is 1.25 bits per heavy atom. The van der Waals surface area contributed by atoms with Gasteiger partial charge in [0.05, 0.1) is 22.1 Å². The summed E-state index contributed by atoms with van der Waals surface area (Å²) in [6.45, 7) is -0.0271. The first kappa shape index (κ1) is 14.8. The van der Waals surface area contributed by atoms with Crippen molar-refractivity contribution in [2.45, 2.75) is 17.3 Å². The zero-order valence-corrected chi connectivity index (χ0v) is 12.0. The van der Waals surface area contributed by atoms with Gasteiger partial charge in [0.2, 0.25) is 0 Å². The maximum atomic E-state index is 11.0. The van der Waals surface area contributed by atoms with Crippen molar-refractivity contribution in [3.05, 3.63) is 68.7 Å². The summed E-state index contributed by atoms with van der Waals surface area (Å²) in [6.07, 6.45) is 0. The molecule has 0 aliphatic rings. The van der Waals surface area contributed by atoms with Gasteiger partial charge in [-0.15, -0.1) is 11.8 Å². The molecule has 2 aromatic carbocycles. The van der Waals surface area contributed by atoms with E-state index in [1.807, 2.05) is 24.3 Å². The molecule has 0 amide bonds. The van der Waals surface area contributed by atoms with Crippen molar-refractivity contribution in [1.29, 1.82) is 0 Å². The van der Waals surface area contributed by atoms with Crippen LogP contribution in [0.5, 0.6) is 0 Å². The Balaban J connectivity index is 2.20. The standard InChI is InChI=1S/C14H12ClNO3S/c15-13-5-2-6-14(16(18)19)12(13)9-20-11-4-1-3-10(7-11)8-17/h1-7,17H,8-9H2. The van der Waals surface area contributed by atoms with Crippen LogP contribution in [-0.2, 0) is 12.4 Å². The van der Waals surface area contributed by atoms with Crippen molar-refractivity contribution in [3.63, 3.8) is 0 Å². The highest BCUT2D eigenvalue weighted by Gasteiger charge is 2.16. The van der Waals surface area contributed by atoms with E-state index in [9.17, 15) is 10.1 Å². The minimum absolute atomic E-state index is 0.0271. The molecule has 0 aliphatic carbocycles. The molecular formula is C14H12ClNO3S. The molecule has 0 atom stereocenters. The lowest BCUT2D eigenvalue weighted by molar-refractivity contribution is -0.385. The third-order valence-corrected chi connectivity index (χ3v) is 4.13. The molecule has 0 fully saturated rings. The number of aliphatic hydroxyl groups is 1. The number of nitrogens with zero attached hydrogens (tertiary/aromatic N) is 1. The van der Waals surface area contributed by atoms with Gasteiger partial charge in [-0.1, -0.05) is 29.8 Å². The summed E-state index contributed by atoms with van der Waals surface area (Å²) in [6, 6.07) is 12.1. The van der Waals surface area contributed by atoms with Crippen molar-refractivity contribution in [3.8, 4) is 0 Å². The van der Waals surface area contributed by atoms with Crippen molar-refractivity contribution < 1.29 is 10.0 Å². The quantitative estimate of drug-likeness (QED) is 0.514. The van der Waals surface area contributed by atoms with E-state index in [-0.39, 0.29) is 12.3 Å². The van der Waals surface area contributed by atoms with Crippen molar-refractivity contribution >= 4 is 29.1 Å². The Labute approximate surface area is 125 Å². The molecule has 0 heterocycles. The average Bonchev–Trinajstić information content (AvgIpc) is 2.45. The molecule has 0 aliphatic heterocycles. The Hall–Kier alpha value is -1.56. The zero-order chi connectivity index (χ0) is 14.5. The third kappa shape index (κ3) is 3.50. The number of nitro benzene ring substituents is 1. The molecule has 2 rings (SSSR count). The van der Waals surface area contributed by atoms with Crippen molar-refractivity contribution in [2.24, 2.45) is 0 Å². The monoisotopic (exact) mass is 309 g/mol. The van der Waals surface area contributed by atoms with Gasteiger partial charge in [0.1, 0.15) is 0 Å². The van der Waals surface area contributed by atoms with Gasteiger partial charge in [-0.25, -0.2) is 0 Å². The summed E-state index contributed by atoms with van der Waals surface area (Å²) >= 11 is 7.49. The van der Waals surface area contributed by atoms with Gasteiger partial charge < -0.3 is 5.11 Å². The lowest BCUT2D eigenvalue weighted by Gasteiger charge is -2.06. The van der Waals surface area contributed by atoms with Gasteiger partial charge in [-0.3, -0.25) is 10.1 Å². The summed E-state index contributed by atoms with van der Waals surface area (Å²) in [5, 5.41) is 20.5. The molecule has 2 aromatic rings. The van der Waals surface area contributed by atoms with Gasteiger partial charge in [0.15, 0.2) is 0 Å². The largest absolute Gasteiger partial charge is 0.392 e. The van der Waals surface area contributed by atoms with E-state index >= 15 is 0 Å². The fourth-order valence-corrected chi connectivity index (χ4v) is 3.09. The number of benzene rings is 2. The van der Waals surface area contributed by atoms with Crippen LogP contribution in [0.15, 0.2) is 47.4 Å². The number of halogens is 1. The van der Waals surface area contributed by atoms with Gasteiger partial charge >= 0.3 is 0 Å². The predicted octanol–water partition coefficient (Wildman–Crippen LogP) is 4.03. The maximum Gasteiger partial charge on any atom is 0.274 e. The first-order valence-electron chi connectivity index (χ1n) is 5.86. The van der Waals surface area contributed by atoms with Crippen LogP contribution in [0.4, 0.5) is 5.69 Å². The lowest BCUT2D eigenvalue weighted by Crippen LogP contribution is -1.95. The number of hydrogen-bond donors (Lipinski definition) is 1. The molecular weight excluding hydrogens is 298 g/mol. The van der Waals surface area contributed by atoms with E-state index in [1.54, 1.807) is 12.1 Å². The summed E-state index contributed by atoms with van der Waals surface area (Å²) < 4.78 is 0. The highest BCUT2D eigenvalue weighted by Crippen LogP contribution is 2.33. The summed E-state index contributed by atoms with van der Waals surface area (Å²) in [5.74, 6) is 0.408. The molecule has 4 nitrogen and oxygen atoms in total. The van der Waals surface area contributed by atoms with Crippen LogP contribution >= 0.6 is 23.4 Å². The van der Waals surface area contributed by atoms with E-state index < -0.39 is 4.92 Å². The number of aliphatic hydroxyl groups excluding tert-OH is 1. The molecule has 6 heteroatoms. The first-order chi connectivity index (χ1) is 9.61. The van der Waals surface area contributed by atoms with Crippen LogP contribution in [0.2, 0.25) is 5.02 Å². The molecule has 0 saturated heterocycles. The van der Waals surface area contributed by atoms with Crippen LogP contribution < -0.4 is 0 Å². The third-order valence-electron chi connectivity index (χ3n) is 2.76. The number of thioether (sulfide) groups is 1. The second-order valence-electron chi connectivity index (χ2n) is 4.09. The zero-order valence-electron chi connectivity index (χ0n) is 10.5. The SMILES string of the molecule is O=[N+]([O-])c1cccc(Cl)c1CSc1cccc(CO)c1. The molecule has 0 spiro atoms. The van der Waals surface area contributed by atoms with Crippen molar-refractivity contribution in [1.82, 2.24) is 0 Å². The number of hydrogen-bond acceptors (Lipinski definition) is 4. The molecule has 0 aromatic heterocycles. The van der Waals surface area contributed by atoms with Gasteiger partial charge in [0, 0.05) is 16.7 Å². The molecule has 104 valence electrons. The molecule has 1 N–H and O–H groups in total. The van der Waals surface area contributed by atoms with Crippen molar-refractivity contribution in [2.75, 3.05) is 0 Å². The van der Waals surface area contributed by atoms with Crippen LogP contribution in [0.1, 0.15) is 11.1 Å². The molecule has 0 bridgehead atoms. The molecule has 0 unspecified atom stereocenters. The fourth-order valence-electron chi connectivity index (χ4n) is 1.75. The van der Waals surface area contributed by atoms with Crippen LogP contribution in [0.25, 0.3) is 0 Å². The van der Waals surface area contributed by atoms with E-state index in [4.69, 9.17) is 16.7 Å². The summed E-state index contributed by atoms with van der Waals surface area (Å²) in [7, 11) is 0. The molecule has 0 saturated carbocycles. The minimum atomic E-state index is -0.425. The second-order valence-corrected chi connectivity index (χ2v) is 5.54. The maximum absolute atomic E-state index is 11.0. The summed E-state index contributed by atoms with van der Waals surface area (Å²) in [4.78, 5) is 11.5. The summed E-state index contributed by atoms with van der Waals surface area (Å²) in [5.41, 5.74) is 1.35. The minimum Gasteiger partial charge on any atom is -0.392 e. The van der Waals surface area contributed by atoms with Gasteiger partial charge in [-0.05, 0) is 23.8 Å². The van der Waals surface area contributed by atoms with E-state index in [2.05, 4.69) is 0 Å². The highest BCUT2D eigenvalue weighted by atomic mass is 35.5. The Morgan fingerprint density at radius 3 is 2.70 bits per heavy atom. The van der Waals surface area contributed by atoms with E-state index in [1.165, 1.54) is 17.8 Å². The van der Waals surface area contributed by atoms with Crippen LogP contribution in [0, 0.1) is 10.1 Å². The predicted molar refractivity (Wildman–Crippen MR) is 80.0 cm³/mol. The molecule has 20 heavy (non-hydrogen) atoms. The topological polar surface area (TPSA) is 63.4 Å². The normalized spacial score (nSPS) is 10.5. The van der Waals surface area contributed by atoms with Crippen LogP contribution in [0.3, 0.4) is 0 Å². The lowest BCUT2D eigenvalue weighted by atomic mass is 10.2. The van der Waals surface area contributed by atoms with E-state index in [0.717, 1.165) is 10.5 Å². The number of rotatable bonds is 5. The average molecular weight is 310 g/mol.